The van der Waals surface area contributed by atoms with Gasteiger partial charge in [0, 0.05) is 29.6 Å². The number of fused-ring (bicyclic) bond motifs is 1. The Bertz CT molecular complexity index is 1650. The first-order valence-electron chi connectivity index (χ1n) is 11.1. The molecule has 194 valence electrons. The van der Waals surface area contributed by atoms with Crippen molar-refractivity contribution < 1.29 is 27.8 Å². The average molecular weight is 524 g/mol. The fourth-order valence-corrected chi connectivity index (χ4v) is 3.97. The second kappa shape index (κ2) is 9.55. The summed E-state index contributed by atoms with van der Waals surface area (Å²) in [6.45, 7) is 0.0590. The number of pyridine rings is 1. The Kier molecular flexibility index (Phi) is 6.24. The molecule has 14 heteroatoms. The molecule has 0 bridgehead atoms. The van der Waals surface area contributed by atoms with E-state index < -0.39 is 23.5 Å². The van der Waals surface area contributed by atoms with E-state index in [-0.39, 0.29) is 34.8 Å². The lowest BCUT2D eigenvalue weighted by Crippen LogP contribution is -2.17. The summed E-state index contributed by atoms with van der Waals surface area (Å²) >= 11 is 0. The van der Waals surface area contributed by atoms with Gasteiger partial charge in [0.25, 0.3) is 5.91 Å². The highest BCUT2D eigenvalue weighted by molar-refractivity contribution is 6.00. The molecule has 3 N–H and O–H groups in total. The summed E-state index contributed by atoms with van der Waals surface area (Å²) in [7, 11) is 1.30. The van der Waals surface area contributed by atoms with Crippen LogP contribution >= 0.6 is 0 Å². The summed E-state index contributed by atoms with van der Waals surface area (Å²) in [4.78, 5) is 25.2. The smallest absolute Gasteiger partial charge is 0.494 e. The zero-order valence-corrected chi connectivity index (χ0v) is 19.7. The number of alkyl halides is 3. The molecule has 4 heterocycles. The minimum absolute atomic E-state index is 0.0244. The van der Waals surface area contributed by atoms with Gasteiger partial charge in [-0.25, -0.2) is 15.0 Å². The van der Waals surface area contributed by atoms with Crippen LogP contribution in [0.5, 0.6) is 5.75 Å². The van der Waals surface area contributed by atoms with Crippen molar-refractivity contribution in [3.63, 3.8) is 0 Å². The average Bonchev–Trinajstić information content (AvgIpc) is 3.54. The summed E-state index contributed by atoms with van der Waals surface area (Å²) < 4.78 is 46.8. The van der Waals surface area contributed by atoms with E-state index in [1.807, 2.05) is 30.3 Å². The van der Waals surface area contributed by atoms with Gasteiger partial charge in [-0.15, -0.1) is 13.2 Å². The van der Waals surface area contributed by atoms with E-state index in [4.69, 9.17) is 10.5 Å². The Morgan fingerprint density at radius 1 is 1.05 bits per heavy atom. The Morgan fingerprint density at radius 3 is 2.47 bits per heavy atom. The molecule has 0 radical (unpaired) electrons. The largest absolute Gasteiger partial charge is 0.504 e. The summed E-state index contributed by atoms with van der Waals surface area (Å²) in [6, 6.07) is 10.7. The van der Waals surface area contributed by atoms with Crippen molar-refractivity contribution in [3.05, 3.63) is 60.7 Å². The second-order valence-corrected chi connectivity index (χ2v) is 8.04. The quantitative estimate of drug-likeness (QED) is 0.330. The third-order valence-corrected chi connectivity index (χ3v) is 5.65. The van der Waals surface area contributed by atoms with E-state index in [1.54, 1.807) is 10.9 Å². The number of nitrogens with two attached hydrogens (primary N) is 1. The number of carbonyl (C=O) groups is 1. The molecule has 0 saturated carbocycles. The lowest BCUT2D eigenvalue weighted by atomic mass is 10.0. The number of aliphatic hydroxyl groups excluding tert-OH is 1. The lowest BCUT2D eigenvalue weighted by molar-refractivity contribution is -0.212. The Morgan fingerprint density at radius 2 is 1.82 bits per heavy atom. The van der Waals surface area contributed by atoms with Crippen LogP contribution in [-0.4, -0.2) is 59.2 Å². The SMILES string of the molecule is COc1cc2ncnc(-c3cn(CCO)nc3-c3ccccc3)c2nc1-c1nn(C(F)(F)F)cc1C(N)=O. The standard InChI is InChI=1S/C24H19F3N8O3/c1-38-17-9-16-21(31-22(17)20-15(23(28)37)11-35(33-20)24(25,26)27)19(30-12-29-16)14-10-34(7-8-36)32-18(14)13-5-3-2-4-6-13/h2-6,9-12,36H,7-8H2,1H3,(H2,28,37). The molecule has 4 aromatic heterocycles. The van der Waals surface area contributed by atoms with Gasteiger partial charge in [0.15, 0.2) is 0 Å². The molecule has 0 spiro atoms. The summed E-state index contributed by atoms with van der Waals surface area (Å²) in [5, 5.41) is 17.6. The van der Waals surface area contributed by atoms with Crippen molar-refractivity contribution in [2.75, 3.05) is 13.7 Å². The lowest BCUT2D eigenvalue weighted by Gasteiger charge is -2.11. The van der Waals surface area contributed by atoms with E-state index in [0.717, 1.165) is 5.56 Å². The van der Waals surface area contributed by atoms with Crippen LogP contribution in [0.1, 0.15) is 10.4 Å². The van der Waals surface area contributed by atoms with Crippen molar-refractivity contribution in [1.29, 1.82) is 0 Å². The van der Waals surface area contributed by atoms with Gasteiger partial charge in [0.2, 0.25) is 0 Å². The molecule has 0 atom stereocenters. The molecular weight excluding hydrogens is 505 g/mol. The summed E-state index contributed by atoms with van der Waals surface area (Å²) in [6.07, 6.45) is -1.41. The molecule has 0 aliphatic heterocycles. The highest BCUT2D eigenvalue weighted by atomic mass is 19.4. The predicted molar refractivity (Wildman–Crippen MR) is 129 cm³/mol. The zero-order valence-electron chi connectivity index (χ0n) is 19.7. The zero-order chi connectivity index (χ0) is 27.0. The predicted octanol–water partition coefficient (Wildman–Crippen LogP) is 2.99. The van der Waals surface area contributed by atoms with Gasteiger partial charge in [-0.1, -0.05) is 30.3 Å². The topological polar surface area (TPSA) is 147 Å². The van der Waals surface area contributed by atoms with Gasteiger partial charge in [-0.05, 0) is 0 Å². The molecule has 0 unspecified atom stereocenters. The molecule has 11 nitrogen and oxygen atoms in total. The minimum atomic E-state index is -4.90. The van der Waals surface area contributed by atoms with Crippen LogP contribution in [0.15, 0.2) is 55.1 Å². The van der Waals surface area contributed by atoms with Crippen LogP contribution < -0.4 is 10.5 Å². The second-order valence-electron chi connectivity index (χ2n) is 8.04. The number of nitrogens with zero attached hydrogens (tertiary/aromatic N) is 7. The van der Waals surface area contributed by atoms with Crippen LogP contribution in [0, 0.1) is 0 Å². The molecule has 38 heavy (non-hydrogen) atoms. The van der Waals surface area contributed by atoms with Crippen LogP contribution in [0.25, 0.3) is 44.9 Å². The number of aliphatic hydroxyl groups is 1. The number of ether oxygens (including phenoxy) is 1. The molecule has 0 saturated heterocycles. The normalized spacial score (nSPS) is 11.7. The van der Waals surface area contributed by atoms with E-state index in [9.17, 15) is 23.1 Å². The maximum absolute atomic E-state index is 13.4. The van der Waals surface area contributed by atoms with Gasteiger partial charge in [-0.2, -0.15) is 14.9 Å². The number of hydrogen-bond donors (Lipinski definition) is 2. The molecule has 1 aromatic carbocycles. The maximum Gasteiger partial charge on any atom is 0.504 e. The molecule has 0 aliphatic carbocycles. The number of methoxy groups -OCH3 is 1. The number of benzene rings is 1. The number of amides is 1. The molecule has 0 aliphatic rings. The minimum Gasteiger partial charge on any atom is -0.494 e. The van der Waals surface area contributed by atoms with Crippen LogP contribution in [0.4, 0.5) is 13.2 Å². The van der Waals surface area contributed by atoms with Crippen molar-refractivity contribution in [1.82, 2.24) is 34.5 Å². The number of primary amides is 1. The maximum atomic E-state index is 13.4. The number of aromatic nitrogens is 7. The number of hydrogen-bond acceptors (Lipinski definition) is 8. The Balaban J connectivity index is 1.79. The van der Waals surface area contributed by atoms with E-state index in [2.05, 4.69) is 25.1 Å². The van der Waals surface area contributed by atoms with Gasteiger partial charge < -0.3 is 15.6 Å². The number of carbonyl (C=O) groups excluding carboxylic acids is 1. The molecule has 5 aromatic rings. The number of rotatable bonds is 7. The highest BCUT2D eigenvalue weighted by Gasteiger charge is 2.35. The molecular formula is C24H19F3N8O3. The first-order valence-corrected chi connectivity index (χ1v) is 11.1. The van der Waals surface area contributed by atoms with Crippen LogP contribution in [-0.2, 0) is 12.8 Å². The molecule has 1 amide bonds. The van der Waals surface area contributed by atoms with Gasteiger partial charge in [-0.3, -0.25) is 9.48 Å². The van der Waals surface area contributed by atoms with E-state index in [1.165, 1.54) is 19.5 Å². The monoisotopic (exact) mass is 524 g/mol. The molecule has 0 fully saturated rings. The summed E-state index contributed by atoms with van der Waals surface area (Å²) in [5.74, 6) is -1.10. The summed E-state index contributed by atoms with van der Waals surface area (Å²) in [5.41, 5.74) is 6.97. The number of halogens is 3. The fraction of sp³-hybridized carbons (Fsp3) is 0.167. The Hall–Kier alpha value is -4.85. The van der Waals surface area contributed by atoms with E-state index >= 15 is 0 Å². The highest BCUT2D eigenvalue weighted by Crippen LogP contribution is 2.38. The third kappa shape index (κ3) is 4.41. The van der Waals surface area contributed by atoms with Crippen molar-refractivity contribution >= 4 is 16.9 Å². The van der Waals surface area contributed by atoms with E-state index in [0.29, 0.717) is 28.7 Å². The van der Waals surface area contributed by atoms with Crippen LogP contribution in [0.3, 0.4) is 0 Å². The first-order chi connectivity index (χ1) is 18.2. The van der Waals surface area contributed by atoms with Crippen molar-refractivity contribution in [2.24, 2.45) is 5.73 Å². The third-order valence-electron chi connectivity index (χ3n) is 5.65. The fourth-order valence-electron chi connectivity index (χ4n) is 3.97. The van der Waals surface area contributed by atoms with Crippen molar-refractivity contribution in [3.8, 4) is 39.7 Å². The van der Waals surface area contributed by atoms with Crippen molar-refractivity contribution in [2.45, 2.75) is 12.8 Å². The van der Waals surface area contributed by atoms with Crippen LogP contribution in [0.2, 0.25) is 0 Å². The van der Waals surface area contributed by atoms with Gasteiger partial charge >= 0.3 is 6.30 Å². The van der Waals surface area contributed by atoms with Gasteiger partial charge in [0.1, 0.15) is 40.4 Å². The first kappa shape index (κ1) is 24.8. The Labute approximate surface area is 212 Å². The molecule has 5 rings (SSSR count). The van der Waals surface area contributed by atoms with Gasteiger partial charge in [0.05, 0.1) is 31.3 Å².